The fourth-order valence-corrected chi connectivity index (χ4v) is 1.68. The van der Waals surface area contributed by atoms with Crippen molar-refractivity contribution < 1.29 is 4.79 Å². The fraction of sp³-hybridized carbons (Fsp3) is 0.417. The number of carbonyl (C=O) groups is 1. The zero-order chi connectivity index (χ0) is 13.1. The van der Waals surface area contributed by atoms with E-state index in [1.54, 1.807) is 23.0 Å². The highest BCUT2D eigenvalue weighted by atomic mass is 16.1. The van der Waals surface area contributed by atoms with Gasteiger partial charge in [-0.1, -0.05) is 13.8 Å². The lowest BCUT2D eigenvalue weighted by atomic mass is 10.2. The third-order valence-electron chi connectivity index (χ3n) is 2.59. The molecule has 0 aliphatic rings. The van der Waals surface area contributed by atoms with Gasteiger partial charge in [-0.05, 0) is 12.0 Å². The number of hydrogen-bond acceptors (Lipinski definition) is 4. The highest BCUT2D eigenvalue weighted by molar-refractivity contribution is 5.82. The minimum atomic E-state index is -0.0634. The summed E-state index contributed by atoms with van der Waals surface area (Å²) in [6.45, 7) is 4.94. The molecule has 0 aliphatic carbocycles. The third kappa shape index (κ3) is 2.58. The summed E-state index contributed by atoms with van der Waals surface area (Å²) in [5.74, 6) is 0.694. The second-order valence-corrected chi connectivity index (χ2v) is 4.62. The second kappa shape index (κ2) is 5.03. The van der Waals surface area contributed by atoms with E-state index in [0.29, 0.717) is 23.9 Å². The fourth-order valence-electron chi connectivity index (χ4n) is 1.68. The largest absolute Gasteiger partial charge is 0.369 e. The van der Waals surface area contributed by atoms with Crippen molar-refractivity contribution in [3.63, 3.8) is 0 Å². The van der Waals surface area contributed by atoms with E-state index < -0.39 is 0 Å². The van der Waals surface area contributed by atoms with E-state index in [2.05, 4.69) is 15.3 Å². The standard InChI is InChI=1S/C12H17N5O/c1-8(2)5-15-11(18)7-17-10-3-4-14-6-9(10)16-12(17)13/h3-4,6,8H,5,7H2,1-2H3,(H2,13,16)(H,15,18). The second-order valence-electron chi connectivity index (χ2n) is 4.62. The number of nitrogen functional groups attached to an aromatic ring is 1. The average molecular weight is 247 g/mol. The van der Waals surface area contributed by atoms with Crippen LogP contribution in [0.25, 0.3) is 11.0 Å². The van der Waals surface area contributed by atoms with Gasteiger partial charge < -0.3 is 15.6 Å². The first-order valence-electron chi connectivity index (χ1n) is 5.90. The molecule has 0 bridgehead atoms. The summed E-state index contributed by atoms with van der Waals surface area (Å²) >= 11 is 0. The Morgan fingerprint density at radius 2 is 2.33 bits per heavy atom. The van der Waals surface area contributed by atoms with Crippen LogP contribution < -0.4 is 11.1 Å². The molecule has 0 spiro atoms. The molecule has 18 heavy (non-hydrogen) atoms. The molecule has 0 atom stereocenters. The van der Waals surface area contributed by atoms with Gasteiger partial charge in [-0.15, -0.1) is 0 Å². The predicted molar refractivity (Wildman–Crippen MR) is 69.8 cm³/mol. The molecule has 0 unspecified atom stereocenters. The smallest absolute Gasteiger partial charge is 0.240 e. The number of carbonyl (C=O) groups excluding carboxylic acids is 1. The highest BCUT2D eigenvalue weighted by Gasteiger charge is 2.11. The molecule has 0 fully saturated rings. The van der Waals surface area contributed by atoms with Crippen LogP contribution in [0.4, 0.5) is 5.95 Å². The monoisotopic (exact) mass is 247 g/mol. The van der Waals surface area contributed by atoms with E-state index in [1.165, 1.54) is 0 Å². The van der Waals surface area contributed by atoms with Gasteiger partial charge in [-0.2, -0.15) is 0 Å². The van der Waals surface area contributed by atoms with Gasteiger partial charge in [-0.25, -0.2) is 4.98 Å². The van der Waals surface area contributed by atoms with E-state index >= 15 is 0 Å². The van der Waals surface area contributed by atoms with Crippen LogP contribution >= 0.6 is 0 Å². The quantitative estimate of drug-likeness (QED) is 0.836. The number of fused-ring (bicyclic) bond motifs is 1. The Hall–Kier alpha value is -2.11. The van der Waals surface area contributed by atoms with Crippen molar-refractivity contribution in [1.29, 1.82) is 0 Å². The van der Waals surface area contributed by atoms with E-state index in [0.717, 1.165) is 5.52 Å². The Balaban J connectivity index is 2.16. The number of nitrogens with one attached hydrogen (secondary N) is 1. The lowest BCUT2D eigenvalue weighted by Crippen LogP contribution is -2.30. The van der Waals surface area contributed by atoms with Crippen molar-refractivity contribution in [2.24, 2.45) is 5.92 Å². The number of pyridine rings is 1. The Bertz CT molecular complexity index is 561. The Morgan fingerprint density at radius 1 is 1.56 bits per heavy atom. The topological polar surface area (TPSA) is 85.8 Å². The molecule has 6 heteroatoms. The highest BCUT2D eigenvalue weighted by Crippen LogP contribution is 2.15. The lowest BCUT2D eigenvalue weighted by molar-refractivity contribution is -0.121. The van der Waals surface area contributed by atoms with Gasteiger partial charge >= 0.3 is 0 Å². The van der Waals surface area contributed by atoms with Crippen LogP contribution in [0.1, 0.15) is 13.8 Å². The number of nitrogens with zero attached hydrogens (tertiary/aromatic N) is 3. The molecule has 0 saturated carbocycles. The number of anilines is 1. The van der Waals surface area contributed by atoms with Gasteiger partial charge in [0.1, 0.15) is 12.1 Å². The van der Waals surface area contributed by atoms with Crippen molar-refractivity contribution in [1.82, 2.24) is 19.9 Å². The van der Waals surface area contributed by atoms with Gasteiger partial charge in [0, 0.05) is 12.7 Å². The first kappa shape index (κ1) is 12.3. The number of nitrogens with two attached hydrogens (primary N) is 1. The molecule has 1 amide bonds. The van der Waals surface area contributed by atoms with Crippen LogP contribution in [0.15, 0.2) is 18.5 Å². The first-order valence-corrected chi connectivity index (χ1v) is 5.90. The molecule has 0 radical (unpaired) electrons. The minimum Gasteiger partial charge on any atom is -0.369 e. The summed E-state index contributed by atoms with van der Waals surface area (Å²) < 4.78 is 1.69. The summed E-state index contributed by atoms with van der Waals surface area (Å²) in [5, 5.41) is 2.85. The zero-order valence-electron chi connectivity index (χ0n) is 10.6. The lowest BCUT2D eigenvalue weighted by Gasteiger charge is -2.09. The maximum absolute atomic E-state index is 11.8. The van der Waals surface area contributed by atoms with Crippen molar-refractivity contribution >= 4 is 22.9 Å². The Morgan fingerprint density at radius 3 is 3.06 bits per heavy atom. The van der Waals surface area contributed by atoms with Gasteiger partial charge in [0.05, 0.1) is 11.7 Å². The minimum absolute atomic E-state index is 0.0634. The van der Waals surface area contributed by atoms with Crippen LogP contribution in [0.5, 0.6) is 0 Å². The molecule has 0 saturated heterocycles. The van der Waals surface area contributed by atoms with Crippen molar-refractivity contribution in [2.75, 3.05) is 12.3 Å². The Labute approximate surface area is 105 Å². The normalized spacial score (nSPS) is 11.1. The molecule has 2 heterocycles. The van der Waals surface area contributed by atoms with E-state index in [4.69, 9.17) is 5.73 Å². The molecular weight excluding hydrogens is 230 g/mol. The maximum Gasteiger partial charge on any atom is 0.240 e. The van der Waals surface area contributed by atoms with Crippen molar-refractivity contribution in [3.05, 3.63) is 18.5 Å². The van der Waals surface area contributed by atoms with Gasteiger partial charge in [-0.3, -0.25) is 9.78 Å². The van der Waals surface area contributed by atoms with E-state index in [9.17, 15) is 4.79 Å². The molecule has 0 aromatic carbocycles. The average Bonchev–Trinajstić information content (AvgIpc) is 2.64. The number of hydrogen-bond donors (Lipinski definition) is 2. The maximum atomic E-state index is 11.8. The molecule has 3 N–H and O–H groups in total. The van der Waals surface area contributed by atoms with E-state index in [-0.39, 0.29) is 12.5 Å². The van der Waals surface area contributed by atoms with Crippen LogP contribution in [0.3, 0.4) is 0 Å². The predicted octanol–water partition coefficient (Wildman–Crippen LogP) is 0.786. The molecule has 6 nitrogen and oxygen atoms in total. The van der Waals surface area contributed by atoms with Gasteiger partial charge in [0.2, 0.25) is 11.9 Å². The van der Waals surface area contributed by atoms with Crippen LogP contribution in [-0.2, 0) is 11.3 Å². The number of aromatic nitrogens is 3. The molecule has 2 aromatic rings. The summed E-state index contributed by atoms with van der Waals surface area (Å²) in [6, 6.07) is 1.80. The third-order valence-corrected chi connectivity index (χ3v) is 2.59. The summed E-state index contributed by atoms with van der Waals surface area (Å²) in [5.41, 5.74) is 7.32. The number of rotatable bonds is 4. The van der Waals surface area contributed by atoms with Gasteiger partial charge in [0.25, 0.3) is 0 Å². The molecular formula is C12H17N5O. The molecule has 2 rings (SSSR count). The summed E-state index contributed by atoms with van der Waals surface area (Å²) in [7, 11) is 0. The summed E-state index contributed by atoms with van der Waals surface area (Å²) in [6.07, 6.45) is 3.29. The zero-order valence-corrected chi connectivity index (χ0v) is 10.6. The SMILES string of the molecule is CC(C)CNC(=O)Cn1c(N)nc2cnccc21. The Kier molecular flexibility index (Phi) is 3.45. The summed E-state index contributed by atoms with van der Waals surface area (Å²) in [4.78, 5) is 19.9. The molecule has 0 aliphatic heterocycles. The van der Waals surface area contributed by atoms with Crippen molar-refractivity contribution in [2.45, 2.75) is 20.4 Å². The van der Waals surface area contributed by atoms with Crippen LogP contribution in [0, 0.1) is 5.92 Å². The van der Waals surface area contributed by atoms with Crippen molar-refractivity contribution in [3.8, 4) is 0 Å². The number of amides is 1. The van der Waals surface area contributed by atoms with Crippen LogP contribution in [-0.4, -0.2) is 27.0 Å². The first-order chi connectivity index (χ1) is 8.58. The van der Waals surface area contributed by atoms with Crippen LogP contribution in [0.2, 0.25) is 0 Å². The van der Waals surface area contributed by atoms with Gasteiger partial charge in [0.15, 0.2) is 0 Å². The van der Waals surface area contributed by atoms with E-state index in [1.807, 2.05) is 13.8 Å². The number of imidazole rings is 1. The molecule has 96 valence electrons. The molecule has 2 aromatic heterocycles.